The number of nitrogens with one attached hydrogen (secondary N) is 1. The second-order valence-corrected chi connectivity index (χ2v) is 8.95. The highest BCUT2D eigenvalue weighted by Gasteiger charge is 2.33. The molecular formula is C24H28N2O6. The van der Waals surface area contributed by atoms with Crippen LogP contribution in [-0.4, -0.2) is 46.1 Å². The van der Waals surface area contributed by atoms with Crippen molar-refractivity contribution in [2.75, 3.05) is 6.61 Å². The number of amides is 2. The highest BCUT2D eigenvalue weighted by molar-refractivity contribution is 6.00. The van der Waals surface area contributed by atoms with Crippen LogP contribution in [0.25, 0.3) is 0 Å². The lowest BCUT2D eigenvalue weighted by molar-refractivity contribution is -0.147. The average molecular weight is 440 g/mol. The first-order valence-corrected chi connectivity index (χ1v) is 10.3. The van der Waals surface area contributed by atoms with Gasteiger partial charge in [-0.05, 0) is 65.8 Å². The van der Waals surface area contributed by atoms with Gasteiger partial charge >= 0.3 is 5.97 Å². The molecule has 1 unspecified atom stereocenters. The predicted molar refractivity (Wildman–Crippen MR) is 118 cm³/mol. The maximum atomic E-state index is 13.3. The Labute approximate surface area is 187 Å². The zero-order valence-corrected chi connectivity index (χ0v) is 19.1. The van der Waals surface area contributed by atoms with Crippen LogP contribution >= 0.6 is 0 Å². The fraction of sp³-hybridized carbons (Fsp3) is 0.375. The van der Waals surface area contributed by atoms with Gasteiger partial charge < -0.3 is 14.6 Å². The Morgan fingerprint density at radius 3 is 2.25 bits per heavy atom. The van der Waals surface area contributed by atoms with E-state index in [0.717, 1.165) is 11.1 Å². The molecule has 1 aliphatic heterocycles. The summed E-state index contributed by atoms with van der Waals surface area (Å²) in [6, 6.07) is 8.65. The molecule has 1 aliphatic rings. The third-order valence-electron chi connectivity index (χ3n) is 5.10. The number of carbonyl (C=O) groups is 3. The Kier molecular flexibility index (Phi) is 6.16. The number of carboxylic acid groups (broad SMARTS) is 1. The Hall–Kier alpha value is -3.55. The molecule has 0 aliphatic carbocycles. The Bertz CT molecular complexity index is 1070. The van der Waals surface area contributed by atoms with Gasteiger partial charge in [-0.1, -0.05) is 17.2 Å². The first kappa shape index (κ1) is 23.1. The zero-order chi connectivity index (χ0) is 23.8. The number of carbonyl (C=O) groups excluding carboxylic acids is 2. The van der Waals surface area contributed by atoms with E-state index < -0.39 is 23.5 Å². The van der Waals surface area contributed by atoms with Crippen molar-refractivity contribution in [1.82, 2.24) is 10.4 Å². The molecule has 8 nitrogen and oxygen atoms in total. The van der Waals surface area contributed by atoms with Gasteiger partial charge in [0.05, 0.1) is 5.54 Å². The van der Waals surface area contributed by atoms with Gasteiger partial charge in [-0.3, -0.25) is 15.0 Å². The number of hydrazine groups is 1. The molecule has 0 bridgehead atoms. The number of carboxylic acids is 1. The molecule has 32 heavy (non-hydrogen) atoms. The van der Waals surface area contributed by atoms with Gasteiger partial charge in [-0.15, -0.1) is 0 Å². The predicted octanol–water partition coefficient (Wildman–Crippen LogP) is 3.42. The van der Waals surface area contributed by atoms with Crippen molar-refractivity contribution in [3.05, 3.63) is 58.1 Å². The van der Waals surface area contributed by atoms with Crippen LogP contribution in [-0.2, 0) is 4.79 Å². The second kappa shape index (κ2) is 8.53. The molecule has 0 spiro atoms. The molecule has 170 valence electrons. The SMILES string of the molecule is Cc1cc(C)cc(C(=O)N(NC(=O)c2ccc3c(c2C)OC(C(=O)O)CO3)C(C)(C)C)c1. The number of aryl methyl sites for hydroxylation is 2. The first-order chi connectivity index (χ1) is 14.9. The maximum Gasteiger partial charge on any atom is 0.348 e. The van der Waals surface area contributed by atoms with E-state index in [-0.39, 0.29) is 23.8 Å². The van der Waals surface area contributed by atoms with Gasteiger partial charge in [0.25, 0.3) is 11.8 Å². The first-order valence-electron chi connectivity index (χ1n) is 10.3. The molecule has 2 aromatic carbocycles. The number of ether oxygens (including phenoxy) is 2. The summed E-state index contributed by atoms with van der Waals surface area (Å²) < 4.78 is 11.0. The van der Waals surface area contributed by atoms with Crippen LogP contribution in [0.15, 0.2) is 30.3 Å². The van der Waals surface area contributed by atoms with Gasteiger partial charge in [-0.2, -0.15) is 0 Å². The summed E-state index contributed by atoms with van der Waals surface area (Å²) in [6.07, 6.45) is -1.16. The normalized spacial score (nSPS) is 15.1. The highest BCUT2D eigenvalue weighted by Crippen LogP contribution is 2.37. The van der Waals surface area contributed by atoms with Crippen molar-refractivity contribution < 1.29 is 29.0 Å². The quantitative estimate of drug-likeness (QED) is 0.709. The van der Waals surface area contributed by atoms with Gasteiger partial charge in [0.15, 0.2) is 11.5 Å². The number of hydrogen-bond acceptors (Lipinski definition) is 5. The van der Waals surface area contributed by atoms with Crippen molar-refractivity contribution in [3.63, 3.8) is 0 Å². The molecule has 2 amide bonds. The summed E-state index contributed by atoms with van der Waals surface area (Å²) in [5, 5.41) is 10.5. The van der Waals surface area contributed by atoms with Crippen molar-refractivity contribution in [3.8, 4) is 11.5 Å². The molecule has 0 saturated carbocycles. The minimum absolute atomic E-state index is 0.116. The number of benzene rings is 2. The van der Waals surface area contributed by atoms with Gasteiger partial charge in [0, 0.05) is 16.7 Å². The summed E-state index contributed by atoms with van der Waals surface area (Å²) >= 11 is 0. The Morgan fingerprint density at radius 2 is 1.69 bits per heavy atom. The third kappa shape index (κ3) is 4.69. The summed E-state index contributed by atoms with van der Waals surface area (Å²) in [5.74, 6) is -1.42. The average Bonchev–Trinajstić information content (AvgIpc) is 2.69. The van der Waals surface area contributed by atoms with E-state index in [2.05, 4.69) is 5.43 Å². The summed E-state index contributed by atoms with van der Waals surface area (Å²) in [7, 11) is 0. The molecule has 0 saturated heterocycles. The second-order valence-electron chi connectivity index (χ2n) is 8.95. The minimum Gasteiger partial charge on any atom is -0.485 e. The lowest BCUT2D eigenvalue weighted by atomic mass is 10.0. The van der Waals surface area contributed by atoms with E-state index in [1.165, 1.54) is 5.01 Å². The standard InChI is InChI=1S/C24H28N2O6/c1-13-9-14(2)11-16(10-13)22(28)26(24(4,5)6)25-21(27)17-7-8-18-20(15(17)3)32-19(12-31-18)23(29)30/h7-11,19H,12H2,1-6H3,(H,25,27)(H,29,30). The molecule has 1 heterocycles. The van der Waals surface area contributed by atoms with Gasteiger partial charge in [-0.25, -0.2) is 9.80 Å². The van der Waals surface area contributed by atoms with Crippen molar-refractivity contribution in [2.24, 2.45) is 0 Å². The molecule has 0 aromatic heterocycles. The molecule has 0 fully saturated rings. The lowest BCUT2D eigenvalue weighted by Gasteiger charge is -2.36. The van der Waals surface area contributed by atoms with Crippen molar-refractivity contribution in [2.45, 2.75) is 53.2 Å². The summed E-state index contributed by atoms with van der Waals surface area (Å²) in [5.41, 5.74) is 5.07. The smallest absolute Gasteiger partial charge is 0.348 e. The topological polar surface area (TPSA) is 105 Å². The van der Waals surface area contributed by atoms with E-state index in [1.807, 2.05) is 40.7 Å². The minimum atomic E-state index is -1.16. The molecular weight excluding hydrogens is 412 g/mol. The monoisotopic (exact) mass is 440 g/mol. The largest absolute Gasteiger partial charge is 0.485 e. The third-order valence-corrected chi connectivity index (χ3v) is 5.10. The van der Waals surface area contributed by atoms with Crippen molar-refractivity contribution >= 4 is 17.8 Å². The van der Waals surface area contributed by atoms with Crippen LogP contribution in [0.2, 0.25) is 0 Å². The number of nitrogens with zero attached hydrogens (tertiary/aromatic N) is 1. The van der Waals surface area contributed by atoms with Crippen LogP contribution in [0.3, 0.4) is 0 Å². The van der Waals surface area contributed by atoms with E-state index in [9.17, 15) is 19.5 Å². The molecule has 0 radical (unpaired) electrons. The molecule has 3 rings (SSSR count). The molecule has 2 N–H and O–H groups in total. The number of aliphatic carboxylic acids is 1. The van der Waals surface area contributed by atoms with E-state index in [1.54, 1.807) is 31.2 Å². The summed E-state index contributed by atoms with van der Waals surface area (Å²) in [4.78, 5) is 37.8. The fourth-order valence-corrected chi connectivity index (χ4v) is 3.55. The highest BCUT2D eigenvalue weighted by atomic mass is 16.6. The van der Waals surface area contributed by atoms with Crippen molar-refractivity contribution in [1.29, 1.82) is 0 Å². The van der Waals surface area contributed by atoms with Crippen LogP contribution in [0.1, 0.15) is 58.2 Å². The zero-order valence-electron chi connectivity index (χ0n) is 19.1. The van der Waals surface area contributed by atoms with Crippen LogP contribution < -0.4 is 14.9 Å². The Balaban J connectivity index is 1.92. The fourth-order valence-electron chi connectivity index (χ4n) is 3.55. The molecule has 1 atom stereocenters. The lowest BCUT2D eigenvalue weighted by Crippen LogP contribution is -2.56. The number of hydrogen-bond donors (Lipinski definition) is 2. The van der Waals surface area contributed by atoms with Gasteiger partial charge in [0.1, 0.15) is 6.61 Å². The van der Waals surface area contributed by atoms with E-state index >= 15 is 0 Å². The van der Waals surface area contributed by atoms with Gasteiger partial charge in [0.2, 0.25) is 6.10 Å². The summed E-state index contributed by atoms with van der Waals surface area (Å²) in [6.45, 7) is 10.8. The molecule has 8 heteroatoms. The van der Waals surface area contributed by atoms with E-state index in [0.29, 0.717) is 16.9 Å². The Morgan fingerprint density at radius 1 is 1.06 bits per heavy atom. The number of rotatable bonds is 3. The molecule has 2 aromatic rings. The van der Waals surface area contributed by atoms with E-state index in [4.69, 9.17) is 9.47 Å². The van der Waals surface area contributed by atoms with Crippen LogP contribution in [0, 0.1) is 20.8 Å². The maximum absolute atomic E-state index is 13.3. The number of fused-ring (bicyclic) bond motifs is 1. The van der Waals surface area contributed by atoms with Crippen LogP contribution in [0.5, 0.6) is 11.5 Å². The van der Waals surface area contributed by atoms with Crippen LogP contribution in [0.4, 0.5) is 0 Å².